The molecule has 6 nitrogen and oxygen atoms in total. The maximum atomic E-state index is 12.1. The van der Waals surface area contributed by atoms with Gasteiger partial charge in [-0.1, -0.05) is 23.1 Å². The third-order valence-electron chi connectivity index (χ3n) is 2.61. The third-order valence-corrected chi connectivity index (χ3v) is 4.42. The van der Waals surface area contributed by atoms with Crippen molar-refractivity contribution < 1.29 is 14.3 Å². The molecule has 20 heavy (non-hydrogen) atoms. The molecule has 0 atom stereocenters. The van der Waals surface area contributed by atoms with Gasteiger partial charge in [0.2, 0.25) is 5.13 Å². The van der Waals surface area contributed by atoms with Crippen LogP contribution in [0.4, 0.5) is 5.13 Å². The third kappa shape index (κ3) is 2.70. The molecule has 1 aliphatic rings. The van der Waals surface area contributed by atoms with Gasteiger partial charge in [0.05, 0.1) is 0 Å². The Hall–Kier alpha value is -1.80. The number of carbonyl (C=O) groups is 1. The van der Waals surface area contributed by atoms with Crippen molar-refractivity contribution in [1.29, 1.82) is 0 Å². The van der Waals surface area contributed by atoms with Crippen LogP contribution in [0.3, 0.4) is 0 Å². The molecular formula is C12H11N3O3S2. The summed E-state index contributed by atoms with van der Waals surface area (Å²) < 4.78 is 11.7. The Labute approximate surface area is 123 Å². The number of carbonyl (C=O) groups excluding carboxylic acids is 1. The van der Waals surface area contributed by atoms with Crippen LogP contribution < -0.4 is 14.8 Å². The Morgan fingerprint density at radius 1 is 1.30 bits per heavy atom. The van der Waals surface area contributed by atoms with E-state index in [-0.39, 0.29) is 5.91 Å². The summed E-state index contributed by atoms with van der Waals surface area (Å²) in [7, 11) is 0. The lowest BCUT2D eigenvalue weighted by Crippen LogP contribution is -2.17. The fraction of sp³-hybridized carbons (Fsp3) is 0.250. The van der Waals surface area contributed by atoms with Crippen LogP contribution >= 0.6 is 23.1 Å². The lowest BCUT2D eigenvalue weighted by atomic mass is 10.2. The molecule has 0 aliphatic carbocycles. The van der Waals surface area contributed by atoms with E-state index in [1.54, 1.807) is 18.2 Å². The largest absolute Gasteiger partial charge is 0.486 e. The summed E-state index contributed by atoms with van der Waals surface area (Å²) in [6.07, 6.45) is 1.91. The molecule has 3 rings (SSSR count). The molecule has 2 aromatic rings. The zero-order valence-electron chi connectivity index (χ0n) is 10.6. The van der Waals surface area contributed by atoms with Crippen LogP contribution in [-0.4, -0.2) is 35.6 Å². The van der Waals surface area contributed by atoms with E-state index >= 15 is 0 Å². The molecule has 0 fully saturated rings. The first kappa shape index (κ1) is 13.2. The van der Waals surface area contributed by atoms with Gasteiger partial charge in [0.25, 0.3) is 5.91 Å². The SMILES string of the molecule is CSc1nnc(NC(=O)c2ccc3c(c2)OCCO3)s1. The molecule has 0 radical (unpaired) electrons. The number of amides is 1. The number of hydrogen-bond donors (Lipinski definition) is 1. The average Bonchev–Trinajstić information content (AvgIpc) is 2.94. The van der Waals surface area contributed by atoms with E-state index in [0.29, 0.717) is 35.4 Å². The standard InChI is InChI=1S/C12H11N3O3S2/c1-19-12-15-14-11(20-12)13-10(16)7-2-3-8-9(6-7)18-5-4-17-8/h2-3,6H,4-5H2,1H3,(H,13,14,16). The summed E-state index contributed by atoms with van der Waals surface area (Å²) in [5.74, 6) is 1.00. The van der Waals surface area contributed by atoms with Gasteiger partial charge in [-0.2, -0.15) is 0 Å². The Morgan fingerprint density at radius 2 is 2.10 bits per heavy atom. The van der Waals surface area contributed by atoms with E-state index < -0.39 is 0 Å². The van der Waals surface area contributed by atoms with Gasteiger partial charge in [-0.05, 0) is 24.5 Å². The number of ether oxygens (including phenoxy) is 2. The maximum absolute atomic E-state index is 12.1. The maximum Gasteiger partial charge on any atom is 0.257 e. The highest BCUT2D eigenvalue weighted by molar-refractivity contribution is 8.00. The molecule has 0 spiro atoms. The Balaban J connectivity index is 1.76. The number of hydrogen-bond acceptors (Lipinski definition) is 7. The minimum atomic E-state index is -0.245. The van der Waals surface area contributed by atoms with E-state index in [0.717, 1.165) is 4.34 Å². The first-order valence-corrected chi connectivity index (χ1v) is 7.89. The minimum Gasteiger partial charge on any atom is -0.486 e. The molecule has 2 heterocycles. The Bertz CT molecular complexity index is 645. The number of benzene rings is 1. The number of anilines is 1. The molecule has 1 amide bonds. The second-order valence-corrected chi connectivity index (χ2v) is 5.92. The fourth-order valence-corrected chi connectivity index (χ4v) is 2.86. The molecule has 0 saturated heterocycles. The molecule has 1 aromatic carbocycles. The lowest BCUT2D eigenvalue weighted by molar-refractivity contribution is 0.102. The summed E-state index contributed by atoms with van der Waals surface area (Å²) in [4.78, 5) is 12.1. The van der Waals surface area contributed by atoms with Gasteiger partial charge in [0, 0.05) is 5.56 Å². The van der Waals surface area contributed by atoms with E-state index in [4.69, 9.17) is 9.47 Å². The predicted molar refractivity (Wildman–Crippen MR) is 77.1 cm³/mol. The van der Waals surface area contributed by atoms with Gasteiger partial charge < -0.3 is 9.47 Å². The molecule has 104 valence electrons. The van der Waals surface area contributed by atoms with Crippen LogP contribution in [0.15, 0.2) is 22.5 Å². The van der Waals surface area contributed by atoms with Gasteiger partial charge >= 0.3 is 0 Å². The van der Waals surface area contributed by atoms with Gasteiger partial charge in [-0.15, -0.1) is 10.2 Å². The summed E-state index contributed by atoms with van der Waals surface area (Å²) in [6.45, 7) is 1.02. The van der Waals surface area contributed by atoms with Crippen LogP contribution in [0.5, 0.6) is 11.5 Å². The Kier molecular flexibility index (Phi) is 3.75. The fourth-order valence-electron chi connectivity index (χ4n) is 1.70. The number of rotatable bonds is 3. The van der Waals surface area contributed by atoms with E-state index in [9.17, 15) is 4.79 Å². The quantitative estimate of drug-likeness (QED) is 0.692. The minimum absolute atomic E-state index is 0.245. The number of fused-ring (bicyclic) bond motifs is 1. The van der Waals surface area contributed by atoms with Crippen LogP contribution in [0.1, 0.15) is 10.4 Å². The van der Waals surface area contributed by atoms with Gasteiger partial charge in [0.15, 0.2) is 15.8 Å². The first-order chi connectivity index (χ1) is 9.76. The van der Waals surface area contributed by atoms with E-state index in [2.05, 4.69) is 15.5 Å². The highest BCUT2D eigenvalue weighted by Crippen LogP contribution is 2.31. The molecule has 0 bridgehead atoms. The Morgan fingerprint density at radius 3 is 2.85 bits per heavy atom. The summed E-state index contributed by atoms with van der Waals surface area (Å²) in [5.41, 5.74) is 0.496. The molecule has 0 unspecified atom stereocenters. The summed E-state index contributed by atoms with van der Waals surface area (Å²) in [5, 5.41) is 11.0. The first-order valence-electron chi connectivity index (χ1n) is 5.85. The average molecular weight is 309 g/mol. The van der Waals surface area contributed by atoms with Crippen LogP contribution in [0.25, 0.3) is 0 Å². The van der Waals surface area contributed by atoms with Gasteiger partial charge in [0.1, 0.15) is 13.2 Å². The van der Waals surface area contributed by atoms with Crippen molar-refractivity contribution in [2.45, 2.75) is 4.34 Å². The van der Waals surface area contributed by atoms with Crippen molar-refractivity contribution in [3.8, 4) is 11.5 Å². The van der Waals surface area contributed by atoms with Crippen molar-refractivity contribution >= 4 is 34.1 Å². The normalized spacial score (nSPS) is 13.1. The highest BCUT2D eigenvalue weighted by atomic mass is 32.2. The van der Waals surface area contributed by atoms with Gasteiger partial charge in [-0.25, -0.2) is 0 Å². The highest BCUT2D eigenvalue weighted by Gasteiger charge is 2.16. The zero-order valence-corrected chi connectivity index (χ0v) is 12.2. The van der Waals surface area contributed by atoms with Crippen molar-refractivity contribution in [2.24, 2.45) is 0 Å². The molecule has 1 N–H and O–H groups in total. The smallest absolute Gasteiger partial charge is 0.257 e. The molecular weight excluding hydrogens is 298 g/mol. The molecule has 0 saturated carbocycles. The number of aromatic nitrogens is 2. The second kappa shape index (κ2) is 5.68. The van der Waals surface area contributed by atoms with Crippen molar-refractivity contribution in [1.82, 2.24) is 10.2 Å². The van der Waals surface area contributed by atoms with Crippen LogP contribution in [-0.2, 0) is 0 Å². The summed E-state index contributed by atoms with van der Waals surface area (Å²) >= 11 is 2.83. The van der Waals surface area contributed by atoms with Crippen molar-refractivity contribution in [3.63, 3.8) is 0 Å². The van der Waals surface area contributed by atoms with Gasteiger partial charge in [-0.3, -0.25) is 10.1 Å². The van der Waals surface area contributed by atoms with Crippen molar-refractivity contribution in [2.75, 3.05) is 24.8 Å². The lowest BCUT2D eigenvalue weighted by Gasteiger charge is -2.18. The molecule has 1 aliphatic heterocycles. The summed E-state index contributed by atoms with van der Waals surface area (Å²) in [6, 6.07) is 5.09. The number of thioether (sulfide) groups is 1. The van der Waals surface area contributed by atoms with Crippen LogP contribution in [0, 0.1) is 0 Å². The number of nitrogens with zero attached hydrogens (tertiary/aromatic N) is 2. The zero-order chi connectivity index (χ0) is 13.9. The molecule has 8 heteroatoms. The van der Waals surface area contributed by atoms with Crippen LogP contribution in [0.2, 0.25) is 0 Å². The topological polar surface area (TPSA) is 73.3 Å². The molecule has 1 aromatic heterocycles. The second-order valence-electron chi connectivity index (χ2n) is 3.89. The predicted octanol–water partition coefficient (Wildman–Crippen LogP) is 2.28. The van der Waals surface area contributed by atoms with Crippen molar-refractivity contribution in [3.05, 3.63) is 23.8 Å². The van der Waals surface area contributed by atoms with E-state index in [1.165, 1.54) is 23.1 Å². The monoisotopic (exact) mass is 309 g/mol. The number of nitrogens with one attached hydrogen (secondary N) is 1. The van der Waals surface area contributed by atoms with E-state index in [1.807, 2.05) is 6.26 Å².